The second-order valence-electron chi connectivity index (χ2n) is 6.76. The number of nitrogens with zero attached hydrogens (tertiary/aromatic N) is 1. The molecule has 1 heterocycles. The van der Waals surface area contributed by atoms with Crippen molar-refractivity contribution in [1.82, 2.24) is 4.90 Å². The third-order valence-corrected chi connectivity index (χ3v) is 4.07. The highest BCUT2D eigenvalue weighted by Gasteiger charge is 2.39. The SMILES string of the molecule is CC(C)(C)OC(=O)N1CC[C@H]2C[C@@H](CO)C[C@H]2C1. The third kappa shape index (κ3) is 3.16. The zero-order chi connectivity index (χ0) is 13.3. The van der Waals surface area contributed by atoms with E-state index in [1.807, 2.05) is 25.7 Å². The van der Waals surface area contributed by atoms with Crippen molar-refractivity contribution in [3.63, 3.8) is 0 Å². The number of aliphatic hydroxyl groups excluding tert-OH is 1. The normalized spacial score (nSPS) is 32.2. The lowest BCUT2D eigenvalue weighted by Crippen LogP contribution is -2.44. The van der Waals surface area contributed by atoms with E-state index in [-0.39, 0.29) is 6.09 Å². The average molecular weight is 255 g/mol. The molecule has 3 atom stereocenters. The molecule has 18 heavy (non-hydrogen) atoms. The molecule has 1 aliphatic heterocycles. The monoisotopic (exact) mass is 255 g/mol. The van der Waals surface area contributed by atoms with E-state index in [0.29, 0.717) is 24.4 Å². The summed E-state index contributed by atoms with van der Waals surface area (Å²) in [6, 6.07) is 0. The molecule has 0 aromatic carbocycles. The average Bonchev–Trinajstić information content (AvgIpc) is 2.68. The molecular weight excluding hydrogens is 230 g/mol. The second-order valence-corrected chi connectivity index (χ2v) is 6.76. The van der Waals surface area contributed by atoms with Crippen LogP contribution >= 0.6 is 0 Å². The number of hydrogen-bond acceptors (Lipinski definition) is 3. The van der Waals surface area contributed by atoms with E-state index in [0.717, 1.165) is 32.4 Å². The molecule has 4 heteroatoms. The molecule has 1 N–H and O–H groups in total. The minimum atomic E-state index is -0.419. The molecule has 1 saturated heterocycles. The molecular formula is C14H25NO3. The number of hydrogen-bond donors (Lipinski definition) is 1. The van der Waals surface area contributed by atoms with E-state index < -0.39 is 5.60 Å². The van der Waals surface area contributed by atoms with Gasteiger partial charge >= 0.3 is 6.09 Å². The third-order valence-electron chi connectivity index (χ3n) is 4.07. The molecule has 104 valence electrons. The Hall–Kier alpha value is -0.770. The fourth-order valence-corrected chi connectivity index (χ4v) is 3.25. The van der Waals surface area contributed by atoms with Gasteiger partial charge in [0.15, 0.2) is 0 Å². The Labute approximate surface area is 109 Å². The second kappa shape index (κ2) is 5.08. The smallest absolute Gasteiger partial charge is 0.410 e. The van der Waals surface area contributed by atoms with Crippen LogP contribution in [0.25, 0.3) is 0 Å². The number of rotatable bonds is 1. The van der Waals surface area contributed by atoms with Crippen molar-refractivity contribution >= 4 is 6.09 Å². The maximum absolute atomic E-state index is 12.0. The van der Waals surface area contributed by atoms with Gasteiger partial charge in [-0.05, 0) is 57.8 Å². The summed E-state index contributed by atoms with van der Waals surface area (Å²) in [5.74, 6) is 1.70. The fraction of sp³-hybridized carbons (Fsp3) is 0.929. The molecule has 1 aliphatic carbocycles. The summed E-state index contributed by atoms with van der Waals surface area (Å²) in [5, 5.41) is 9.24. The van der Waals surface area contributed by atoms with Gasteiger partial charge in [-0.1, -0.05) is 0 Å². The first-order valence-corrected chi connectivity index (χ1v) is 6.98. The highest BCUT2D eigenvalue weighted by atomic mass is 16.6. The summed E-state index contributed by atoms with van der Waals surface area (Å²) in [5.41, 5.74) is -0.419. The number of amides is 1. The van der Waals surface area contributed by atoms with Crippen molar-refractivity contribution < 1.29 is 14.6 Å². The standard InChI is InChI=1S/C14H25NO3/c1-14(2,3)18-13(17)15-5-4-11-6-10(9-16)7-12(11)8-15/h10-12,16H,4-9H2,1-3H3/t10-,11+,12+/m1/s1. The van der Waals surface area contributed by atoms with Crippen LogP contribution in [0.2, 0.25) is 0 Å². The number of ether oxygens (including phenoxy) is 1. The van der Waals surface area contributed by atoms with Crippen molar-refractivity contribution in [1.29, 1.82) is 0 Å². The molecule has 4 nitrogen and oxygen atoms in total. The molecule has 2 rings (SSSR count). The van der Waals surface area contributed by atoms with Crippen molar-refractivity contribution in [2.24, 2.45) is 17.8 Å². The topological polar surface area (TPSA) is 49.8 Å². The van der Waals surface area contributed by atoms with E-state index in [4.69, 9.17) is 4.74 Å². The van der Waals surface area contributed by atoms with Crippen LogP contribution in [0.4, 0.5) is 4.79 Å². The van der Waals surface area contributed by atoms with Gasteiger partial charge in [0.2, 0.25) is 0 Å². The fourth-order valence-electron chi connectivity index (χ4n) is 3.25. The number of fused-ring (bicyclic) bond motifs is 1. The zero-order valence-electron chi connectivity index (χ0n) is 11.7. The molecule has 2 aliphatic rings. The van der Waals surface area contributed by atoms with Crippen LogP contribution in [0.15, 0.2) is 0 Å². The summed E-state index contributed by atoms with van der Waals surface area (Å²) >= 11 is 0. The number of carbonyl (C=O) groups excluding carboxylic acids is 1. The van der Waals surface area contributed by atoms with Gasteiger partial charge in [0.05, 0.1) is 0 Å². The minimum absolute atomic E-state index is 0.187. The van der Waals surface area contributed by atoms with E-state index in [9.17, 15) is 9.90 Å². The molecule has 0 aromatic heterocycles. The van der Waals surface area contributed by atoms with Crippen molar-refractivity contribution in [3.05, 3.63) is 0 Å². The maximum atomic E-state index is 12.0. The van der Waals surface area contributed by atoms with Crippen LogP contribution in [-0.2, 0) is 4.74 Å². The Bertz CT molecular complexity index is 311. The quantitative estimate of drug-likeness (QED) is 0.782. The number of likely N-dealkylation sites (tertiary alicyclic amines) is 1. The maximum Gasteiger partial charge on any atom is 0.410 e. The summed E-state index contributed by atoms with van der Waals surface area (Å²) in [7, 11) is 0. The number of carbonyl (C=O) groups is 1. The molecule has 0 unspecified atom stereocenters. The Morgan fingerprint density at radius 2 is 2.00 bits per heavy atom. The lowest BCUT2D eigenvalue weighted by Gasteiger charge is -2.35. The van der Waals surface area contributed by atoms with Gasteiger partial charge in [-0.2, -0.15) is 0 Å². The number of aliphatic hydroxyl groups is 1. The summed E-state index contributed by atoms with van der Waals surface area (Å²) in [4.78, 5) is 13.8. The van der Waals surface area contributed by atoms with Crippen LogP contribution < -0.4 is 0 Å². The zero-order valence-corrected chi connectivity index (χ0v) is 11.7. The molecule has 0 aromatic rings. The van der Waals surface area contributed by atoms with E-state index in [2.05, 4.69) is 0 Å². The van der Waals surface area contributed by atoms with Crippen molar-refractivity contribution in [2.75, 3.05) is 19.7 Å². The molecule has 0 bridgehead atoms. The highest BCUT2D eigenvalue weighted by Crippen LogP contribution is 2.41. The Morgan fingerprint density at radius 3 is 2.61 bits per heavy atom. The largest absolute Gasteiger partial charge is 0.444 e. The van der Waals surface area contributed by atoms with Gasteiger partial charge in [-0.25, -0.2) is 4.79 Å². The van der Waals surface area contributed by atoms with Crippen molar-refractivity contribution in [2.45, 2.75) is 45.6 Å². The van der Waals surface area contributed by atoms with E-state index >= 15 is 0 Å². The highest BCUT2D eigenvalue weighted by molar-refractivity contribution is 5.68. The molecule has 2 fully saturated rings. The van der Waals surface area contributed by atoms with Gasteiger partial charge in [-0.3, -0.25) is 0 Å². The lowest BCUT2D eigenvalue weighted by molar-refractivity contribution is 0.0127. The van der Waals surface area contributed by atoms with Crippen LogP contribution in [0.1, 0.15) is 40.0 Å². The van der Waals surface area contributed by atoms with Gasteiger partial charge in [0.1, 0.15) is 5.60 Å². The first kappa shape index (κ1) is 13.7. The van der Waals surface area contributed by atoms with Crippen molar-refractivity contribution in [3.8, 4) is 0 Å². The first-order valence-electron chi connectivity index (χ1n) is 6.98. The molecule has 1 saturated carbocycles. The minimum Gasteiger partial charge on any atom is -0.444 e. The van der Waals surface area contributed by atoms with Crippen LogP contribution in [0.3, 0.4) is 0 Å². The van der Waals surface area contributed by atoms with Crippen LogP contribution in [0.5, 0.6) is 0 Å². The molecule has 1 amide bonds. The Balaban J connectivity index is 1.89. The summed E-state index contributed by atoms with van der Waals surface area (Å²) in [6.07, 6.45) is 3.05. The lowest BCUT2D eigenvalue weighted by atomic mass is 9.89. The van der Waals surface area contributed by atoms with E-state index in [1.165, 1.54) is 0 Å². The Morgan fingerprint density at radius 1 is 1.33 bits per heavy atom. The number of piperidine rings is 1. The van der Waals surface area contributed by atoms with Gasteiger partial charge in [0.25, 0.3) is 0 Å². The summed E-state index contributed by atoms with van der Waals surface area (Å²) < 4.78 is 5.42. The van der Waals surface area contributed by atoms with Crippen LogP contribution in [-0.4, -0.2) is 41.4 Å². The molecule has 0 spiro atoms. The predicted octanol–water partition coefficient (Wildman–Crippen LogP) is 2.26. The molecule has 0 radical (unpaired) electrons. The summed E-state index contributed by atoms with van der Waals surface area (Å²) in [6.45, 7) is 7.59. The van der Waals surface area contributed by atoms with Crippen LogP contribution in [0, 0.1) is 17.8 Å². The van der Waals surface area contributed by atoms with Gasteiger partial charge in [-0.15, -0.1) is 0 Å². The van der Waals surface area contributed by atoms with Gasteiger partial charge in [0, 0.05) is 19.7 Å². The first-order chi connectivity index (χ1) is 8.39. The van der Waals surface area contributed by atoms with Gasteiger partial charge < -0.3 is 14.7 Å². The van der Waals surface area contributed by atoms with E-state index in [1.54, 1.807) is 0 Å². The predicted molar refractivity (Wildman–Crippen MR) is 69.2 cm³/mol. The Kier molecular flexibility index (Phi) is 3.85.